The molecule has 0 atom stereocenters. The first-order valence-electron chi connectivity index (χ1n) is 5.84. The molecule has 0 unspecified atom stereocenters. The van der Waals surface area contributed by atoms with Gasteiger partial charge in [0, 0.05) is 11.6 Å². The van der Waals surface area contributed by atoms with Crippen molar-refractivity contribution < 1.29 is 27.0 Å². The van der Waals surface area contributed by atoms with Crippen LogP contribution in [0.25, 0.3) is 11.1 Å². The first kappa shape index (κ1) is 15.6. The van der Waals surface area contributed by atoms with Crippen molar-refractivity contribution >= 4 is 0 Å². The van der Waals surface area contributed by atoms with E-state index in [-0.39, 0.29) is 22.6 Å². The summed E-state index contributed by atoms with van der Waals surface area (Å²) in [6.45, 7) is 0. The van der Waals surface area contributed by atoms with Crippen LogP contribution in [0.1, 0.15) is 5.56 Å². The van der Waals surface area contributed by atoms with Crippen molar-refractivity contribution in [3.63, 3.8) is 0 Å². The number of alkyl halides is 3. The van der Waals surface area contributed by atoms with E-state index in [4.69, 9.17) is 10.00 Å². The molecule has 0 spiro atoms. The molecular formula is C14H8F4N2O2. The highest BCUT2D eigenvalue weighted by molar-refractivity contribution is 5.68. The van der Waals surface area contributed by atoms with Crippen LogP contribution in [-0.4, -0.2) is 18.5 Å². The average molecular weight is 312 g/mol. The molecule has 0 bridgehead atoms. The van der Waals surface area contributed by atoms with Gasteiger partial charge in [-0.05, 0) is 17.7 Å². The molecule has 8 heteroatoms. The Morgan fingerprint density at radius 2 is 1.95 bits per heavy atom. The Bertz CT molecular complexity index is 739. The Kier molecular flexibility index (Phi) is 4.17. The van der Waals surface area contributed by atoms with E-state index < -0.39 is 17.9 Å². The molecule has 0 fully saturated rings. The van der Waals surface area contributed by atoms with Gasteiger partial charge in [0.05, 0.1) is 18.9 Å². The Labute approximate surface area is 122 Å². The van der Waals surface area contributed by atoms with E-state index in [2.05, 4.69) is 9.72 Å². The van der Waals surface area contributed by atoms with Gasteiger partial charge in [-0.1, -0.05) is 6.07 Å². The molecule has 0 radical (unpaired) electrons. The molecule has 1 aromatic heterocycles. The fourth-order valence-electron chi connectivity index (χ4n) is 1.75. The smallest absolute Gasteiger partial charge is 0.481 e. The van der Waals surface area contributed by atoms with Crippen LogP contribution in [0.15, 0.2) is 30.5 Å². The number of benzene rings is 1. The minimum Gasteiger partial charge on any atom is -0.481 e. The van der Waals surface area contributed by atoms with Crippen LogP contribution in [0.5, 0.6) is 11.6 Å². The summed E-state index contributed by atoms with van der Waals surface area (Å²) < 4.78 is 59.1. The molecule has 0 amide bonds. The lowest BCUT2D eigenvalue weighted by Crippen LogP contribution is -2.17. The zero-order valence-electron chi connectivity index (χ0n) is 11.1. The molecule has 1 aromatic carbocycles. The molecule has 4 nitrogen and oxygen atoms in total. The van der Waals surface area contributed by atoms with Gasteiger partial charge in [0.15, 0.2) is 0 Å². The third-order valence-electron chi connectivity index (χ3n) is 2.68. The third kappa shape index (κ3) is 3.44. The van der Waals surface area contributed by atoms with Gasteiger partial charge in [-0.15, -0.1) is 13.2 Å². The fraction of sp³-hybridized carbons (Fsp3) is 0.143. The van der Waals surface area contributed by atoms with Crippen molar-refractivity contribution in [3.05, 3.63) is 41.8 Å². The van der Waals surface area contributed by atoms with Gasteiger partial charge >= 0.3 is 6.36 Å². The predicted molar refractivity (Wildman–Crippen MR) is 67.6 cm³/mol. The predicted octanol–water partition coefficient (Wildman–Crippen LogP) is 3.67. The summed E-state index contributed by atoms with van der Waals surface area (Å²) in [5, 5.41) is 8.93. The van der Waals surface area contributed by atoms with Crippen LogP contribution in [0, 0.1) is 17.1 Å². The molecule has 2 aromatic rings. The quantitative estimate of drug-likeness (QED) is 0.812. The number of hydrogen-bond donors (Lipinski definition) is 0. The van der Waals surface area contributed by atoms with E-state index >= 15 is 0 Å². The molecule has 0 aliphatic rings. The number of methoxy groups -OCH3 is 1. The number of pyridine rings is 1. The Hall–Kier alpha value is -2.82. The monoisotopic (exact) mass is 312 g/mol. The summed E-state index contributed by atoms with van der Waals surface area (Å²) in [6, 6.07) is 6.11. The Morgan fingerprint density at radius 3 is 2.55 bits per heavy atom. The number of aromatic nitrogens is 1. The maximum atomic E-state index is 13.8. The van der Waals surface area contributed by atoms with Crippen molar-refractivity contribution in [2.75, 3.05) is 7.11 Å². The van der Waals surface area contributed by atoms with Crippen molar-refractivity contribution in [2.24, 2.45) is 0 Å². The summed E-state index contributed by atoms with van der Waals surface area (Å²) in [5.74, 6) is -1.22. The lowest BCUT2D eigenvalue weighted by atomic mass is 10.0. The standard InChI is InChI=1S/C14H8F4N2O2/c1-21-13-5-10(11(15)7-20-13)8-2-3-12(9(4-8)6-19)22-14(16,17)18/h2-5,7H,1H3. The van der Waals surface area contributed by atoms with E-state index in [1.165, 1.54) is 19.2 Å². The topological polar surface area (TPSA) is 55.1 Å². The lowest BCUT2D eigenvalue weighted by Gasteiger charge is -2.12. The highest BCUT2D eigenvalue weighted by Crippen LogP contribution is 2.32. The minimum absolute atomic E-state index is 0.0434. The summed E-state index contributed by atoms with van der Waals surface area (Å²) in [4.78, 5) is 3.66. The second kappa shape index (κ2) is 5.89. The Balaban J connectivity index is 2.49. The highest BCUT2D eigenvalue weighted by atomic mass is 19.4. The van der Waals surface area contributed by atoms with Crippen molar-refractivity contribution in [1.82, 2.24) is 4.98 Å². The molecule has 0 aliphatic heterocycles. The van der Waals surface area contributed by atoms with Gasteiger partial charge in [-0.25, -0.2) is 9.37 Å². The number of hydrogen-bond acceptors (Lipinski definition) is 4. The van der Waals surface area contributed by atoms with Crippen LogP contribution < -0.4 is 9.47 Å². The Morgan fingerprint density at radius 1 is 1.23 bits per heavy atom. The van der Waals surface area contributed by atoms with Crippen molar-refractivity contribution in [2.45, 2.75) is 6.36 Å². The number of ether oxygens (including phenoxy) is 2. The molecule has 2 rings (SSSR count). The van der Waals surface area contributed by atoms with Gasteiger partial charge in [-0.2, -0.15) is 5.26 Å². The summed E-state index contributed by atoms with van der Waals surface area (Å²) >= 11 is 0. The second-order valence-electron chi connectivity index (χ2n) is 4.08. The fourth-order valence-corrected chi connectivity index (χ4v) is 1.75. The third-order valence-corrected chi connectivity index (χ3v) is 2.68. The first-order chi connectivity index (χ1) is 10.3. The van der Waals surface area contributed by atoms with E-state index in [1.807, 2.05) is 0 Å². The normalized spacial score (nSPS) is 10.9. The van der Waals surface area contributed by atoms with Crippen LogP contribution in [0.3, 0.4) is 0 Å². The first-order valence-corrected chi connectivity index (χ1v) is 5.84. The highest BCUT2D eigenvalue weighted by Gasteiger charge is 2.32. The molecule has 22 heavy (non-hydrogen) atoms. The van der Waals surface area contributed by atoms with Crippen LogP contribution in [0.4, 0.5) is 17.6 Å². The second-order valence-corrected chi connectivity index (χ2v) is 4.08. The summed E-state index contributed by atoms with van der Waals surface area (Å²) in [7, 11) is 1.34. The number of nitriles is 1. The lowest BCUT2D eigenvalue weighted by molar-refractivity contribution is -0.274. The zero-order valence-corrected chi connectivity index (χ0v) is 11.1. The largest absolute Gasteiger partial charge is 0.573 e. The average Bonchev–Trinajstić information content (AvgIpc) is 2.47. The van der Waals surface area contributed by atoms with Crippen LogP contribution in [0.2, 0.25) is 0 Å². The van der Waals surface area contributed by atoms with E-state index in [1.54, 1.807) is 6.07 Å². The minimum atomic E-state index is -4.92. The summed E-state index contributed by atoms with van der Waals surface area (Å²) in [5.41, 5.74) is -0.129. The van der Waals surface area contributed by atoms with Gasteiger partial charge in [0.2, 0.25) is 5.88 Å². The maximum Gasteiger partial charge on any atom is 0.573 e. The molecule has 0 saturated carbocycles. The maximum absolute atomic E-state index is 13.8. The molecule has 0 N–H and O–H groups in total. The van der Waals surface area contributed by atoms with Gasteiger partial charge in [-0.3, -0.25) is 0 Å². The van der Waals surface area contributed by atoms with Gasteiger partial charge in [0.1, 0.15) is 17.6 Å². The number of nitrogens with zero attached hydrogens (tertiary/aromatic N) is 2. The molecular weight excluding hydrogens is 304 g/mol. The molecule has 114 valence electrons. The summed E-state index contributed by atoms with van der Waals surface area (Å²) in [6.07, 6.45) is -4.00. The SMILES string of the molecule is COc1cc(-c2ccc(OC(F)(F)F)c(C#N)c2)c(F)cn1. The number of rotatable bonds is 3. The van der Waals surface area contributed by atoms with Crippen molar-refractivity contribution in [1.29, 1.82) is 5.26 Å². The number of halogens is 4. The van der Waals surface area contributed by atoms with E-state index in [0.29, 0.717) is 0 Å². The zero-order chi connectivity index (χ0) is 16.3. The van der Waals surface area contributed by atoms with Crippen molar-refractivity contribution in [3.8, 4) is 28.8 Å². The van der Waals surface area contributed by atoms with Gasteiger partial charge < -0.3 is 9.47 Å². The molecule has 1 heterocycles. The van der Waals surface area contributed by atoms with E-state index in [9.17, 15) is 17.6 Å². The molecule has 0 saturated heterocycles. The van der Waals surface area contributed by atoms with Crippen LogP contribution >= 0.6 is 0 Å². The molecule has 0 aliphatic carbocycles. The van der Waals surface area contributed by atoms with E-state index in [0.717, 1.165) is 18.3 Å². The van der Waals surface area contributed by atoms with Crippen LogP contribution in [-0.2, 0) is 0 Å². The van der Waals surface area contributed by atoms with Gasteiger partial charge in [0.25, 0.3) is 0 Å².